The smallest absolute Gasteiger partial charge is 0.319 e. The lowest BCUT2D eigenvalue weighted by Gasteiger charge is -2.30. The Kier molecular flexibility index (Phi) is 8.01. The Balaban J connectivity index is 0.00000288. The third-order valence-electron chi connectivity index (χ3n) is 3.93. The fraction of sp³-hybridized carbons (Fsp3) is 0.529. The highest BCUT2D eigenvalue weighted by Crippen LogP contribution is 2.13. The lowest BCUT2D eigenvalue weighted by atomic mass is 9.95. The average Bonchev–Trinajstić information content (AvgIpc) is 2.49. The number of carbonyl (C=O) groups is 2. The molecule has 24 heavy (non-hydrogen) atoms. The number of anilines is 1. The van der Waals surface area contributed by atoms with E-state index in [9.17, 15) is 9.59 Å². The molecule has 3 amide bonds. The van der Waals surface area contributed by atoms with Gasteiger partial charge >= 0.3 is 6.03 Å². The molecule has 6 nitrogen and oxygen atoms in total. The number of rotatable bonds is 4. The fourth-order valence-electron chi connectivity index (χ4n) is 2.61. The topological polar surface area (TPSA) is 82.3 Å². The fourth-order valence-corrected chi connectivity index (χ4v) is 2.61. The molecule has 0 aliphatic carbocycles. The number of piperidine rings is 1. The van der Waals surface area contributed by atoms with Gasteiger partial charge in [-0.15, -0.1) is 12.4 Å². The summed E-state index contributed by atoms with van der Waals surface area (Å²) < 4.78 is 0. The van der Waals surface area contributed by atoms with Crippen LogP contribution in [-0.2, 0) is 0 Å². The zero-order valence-corrected chi connectivity index (χ0v) is 15.2. The Hall–Kier alpha value is -1.79. The SMILES string of the molecule is CC(C)NC(=O)Nc1ccc(C(=O)NC2CCNCC2C)cc1.Cl. The molecule has 1 aliphatic heterocycles. The second-order valence-electron chi connectivity index (χ2n) is 6.38. The van der Waals surface area contributed by atoms with E-state index in [-0.39, 0.29) is 36.4 Å². The van der Waals surface area contributed by atoms with Crippen LogP contribution in [0.15, 0.2) is 24.3 Å². The van der Waals surface area contributed by atoms with Crippen molar-refractivity contribution in [3.05, 3.63) is 29.8 Å². The summed E-state index contributed by atoms with van der Waals surface area (Å²) in [6.07, 6.45) is 0.946. The van der Waals surface area contributed by atoms with Crippen LogP contribution in [0.3, 0.4) is 0 Å². The number of carbonyl (C=O) groups excluding carboxylic acids is 2. The molecule has 1 aromatic rings. The number of hydrogen-bond acceptors (Lipinski definition) is 3. The van der Waals surface area contributed by atoms with Crippen molar-refractivity contribution < 1.29 is 9.59 Å². The van der Waals surface area contributed by atoms with Gasteiger partial charge in [0.05, 0.1) is 0 Å². The molecule has 134 valence electrons. The third kappa shape index (κ3) is 6.02. The molecular formula is C17H27ClN4O2. The predicted octanol–water partition coefficient (Wildman–Crippen LogP) is 2.37. The van der Waals surface area contributed by atoms with Gasteiger partial charge in [-0.25, -0.2) is 4.79 Å². The molecular weight excluding hydrogens is 328 g/mol. The van der Waals surface area contributed by atoms with Gasteiger partial charge in [-0.1, -0.05) is 6.92 Å². The van der Waals surface area contributed by atoms with Crippen molar-refractivity contribution in [2.24, 2.45) is 5.92 Å². The van der Waals surface area contributed by atoms with Crippen LogP contribution in [-0.4, -0.2) is 37.1 Å². The summed E-state index contributed by atoms with van der Waals surface area (Å²) in [7, 11) is 0. The molecule has 1 heterocycles. The van der Waals surface area contributed by atoms with Crippen LogP contribution in [0.1, 0.15) is 37.6 Å². The normalized spacial score (nSPS) is 20.0. The third-order valence-corrected chi connectivity index (χ3v) is 3.93. The van der Waals surface area contributed by atoms with Gasteiger partial charge in [-0.05, 0) is 63.5 Å². The van der Waals surface area contributed by atoms with Crippen LogP contribution in [0.4, 0.5) is 10.5 Å². The lowest BCUT2D eigenvalue weighted by Crippen LogP contribution is -2.48. The van der Waals surface area contributed by atoms with Gasteiger partial charge in [-0.3, -0.25) is 4.79 Å². The van der Waals surface area contributed by atoms with E-state index in [0.717, 1.165) is 19.5 Å². The van der Waals surface area contributed by atoms with E-state index in [1.54, 1.807) is 24.3 Å². The molecule has 1 fully saturated rings. The monoisotopic (exact) mass is 354 g/mol. The zero-order chi connectivity index (χ0) is 16.8. The quantitative estimate of drug-likeness (QED) is 0.670. The molecule has 0 radical (unpaired) electrons. The van der Waals surface area contributed by atoms with Gasteiger partial charge in [0.2, 0.25) is 0 Å². The van der Waals surface area contributed by atoms with Crippen LogP contribution >= 0.6 is 12.4 Å². The summed E-state index contributed by atoms with van der Waals surface area (Å²) >= 11 is 0. The van der Waals surface area contributed by atoms with E-state index >= 15 is 0 Å². The van der Waals surface area contributed by atoms with E-state index in [0.29, 0.717) is 17.2 Å². The van der Waals surface area contributed by atoms with Crippen LogP contribution in [0.5, 0.6) is 0 Å². The van der Waals surface area contributed by atoms with Crippen molar-refractivity contribution in [1.82, 2.24) is 16.0 Å². The van der Waals surface area contributed by atoms with Crippen LogP contribution < -0.4 is 21.3 Å². The highest BCUT2D eigenvalue weighted by atomic mass is 35.5. The molecule has 4 N–H and O–H groups in total. The van der Waals surface area contributed by atoms with Gasteiger partial charge in [0, 0.05) is 23.3 Å². The van der Waals surface area contributed by atoms with Gasteiger partial charge < -0.3 is 21.3 Å². The minimum Gasteiger partial charge on any atom is -0.349 e. The zero-order valence-electron chi connectivity index (χ0n) is 14.4. The highest BCUT2D eigenvalue weighted by Gasteiger charge is 2.22. The van der Waals surface area contributed by atoms with Crippen molar-refractivity contribution in [3.8, 4) is 0 Å². The summed E-state index contributed by atoms with van der Waals surface area (Å²) in [5.41, 5.74) is 1.26. The van der Waals surface area contributed by atoms with E-state index in [4.69, 9.17) is 0 Å². The van der Waals surface area contributed by atoms with Crippen LogP contribution in [0.2, 0.25) is 0 Å². The molecule has 1 saturated heterocycles. The Bertz CT molecular complexity index is 548. The summed E-state index contributed by atoms with van der Waals surface area (Å²) in [6.45, 7) is 7.79. The standard InChI is InChI=1S/C17H26N4O2.ClH/c1-11(2)19-17(23)20-14-6-4-13(5-7-14)16(22)21-15-8-9-18-10-12(15)3;/h4-7,11-12,15,18H,8-10H2,1-3H3,(H,21,22)(H2,19,20,23);1H. The summed E-state index contributed by atoms with van der Waals surface area (Å²) in [6, 6.07) is 6.96. The number of benzene rings is 1. The first-order valence-electron chi connectivity index (χ1n) is 8.15. The molecule has 1 aliphatic rings. The highest BCUT2D eigenvalue weighted by molar-refractivity contribution is 5.95. The number of urea groups is 1. The molecule has 0 saturated carbocycles. The van der Waals surface area contributed by atoms with Gasteiger partial charge in [-0.2, -0.15) is 0 Å². The molecule has 2 rings (SSSR count). The molecule has 2 unspecified atom stereocenters. The summed E-state index contributed by atoms with van der Waals surface area (Å²) in [5, 5.41) is 11.9. The number of nitrogens with one attached hydrogen (secondary N) is 4. The first-order valence-corrected chi connectivity index (χ1v) is 8.15. The number of amides is 3. The van der Waals surface area contributed by atoms with Crippen molar-refractivity contribution in [2.75, 3.05) is 18.4 Å². The van der Waals surface area contributed by atoms with E-state index in [2.05, 4.69) is 28.2 Å². The van der Waals surface area contributed by atoms with Gasteiger partial charge in [0.1, 0.15) is 0 Å². The van der Waals surface area contributed by atoms with Crippen LogP contribution in [0, 0.1) is 5.92 Å². The molecule has 0 aromatic heterocycles. The maximum Gasteiger partial charge on any atom is 0.319 e. The average molecular weight is 355 g/mol. The van der Waals surface area contributed by atoms with Crippen molar-refractivity contribution >= 4 is 30.0 Å². The number of hydrogen-bond donors (Lipinski definition) is 4. The second kappa shape index (κ2) is 9.49. The maximum absolute atomic E-state index is 12.3. The molecule has 0 spiro atoms. The first-order chi connectivity index (χ1) is 11.0. The largest absolute Gasteiger partial charge is 0.349 e. The molecule has 0 bridgehead atoms. The Morgan fingerprint density at radius 1 is 1.21 bits per heavy atom. The van der Waals surface area contributed by atoms with E-state index in [1.807, 2.05) is 13.8 Å². The predicted molar refractivity (Wildman–Crippen MR) is 98.9 cm³/mol. The summed E-state index contributed by atoms with van der Waals surface area (Å²) in [4.78, 5) is 23.9. The molecule has 2 atom stereocenters. The first kappa shape index (κ1) is 20.3. The van der Waals surface area contributed by atoms with Crippen molar-refractivity contribution in [1.29, 1.82) is 0 Å². The minimum atomic E-state index is -0.249. The van der Waals surface area contributed by atoms with Gasteiger partial charge in [0.25, 0.3) is 5.91 Å². The van der Waals surface area contributed by atoms with Crippen LogP contribution in [0.25, 0.3) is 0 Å². The van der Waals surface area contributed by atoms with Gasteiger partial charge in [0.15, 0.2) is 0 Å². The lowest BCUT2D eigenvalue weighted by molar-refractivity contribution is 0.0914. The van der Waals surface area contributed by atoms with Crippen molar-refractivity contribution in [3.63, 3.8) is 0 Å². The van der Waals surface area contributed by atoms with E-state index < -0.39 is 0 Å². The van der Waals surface area contributed by atoms with E-state index in [1.165, 1.54) is 0 Å². The Morgan fingerprint density at radius 3 is 2.46 bits per heavy atom. The Morgan fingerprint density at radius 2 is 1.88 bits per heavy atom. The minimum absolute atomic E-state index is 0. The Labute approximate surface area is 149 Å². The number of halogens is 1. The molecule has 1 aromatic carbocycles. The second-order valence-corrected chi connectivity index (χ2v) is 6.38. The van der Waals surface area contributed by atoms with Crippen molar-refractivity contribution in [2.45, 2.75) is 39.3 Å². The summed E-state index contributed by atoms with van der Waals surface area (Å²) in [5.74, 6) is 0.357. The molecule has 7 heteroatoms. The maximum atomic E-state index is 12.3.